The topological polar surface area (TPSA) is 114 Å². The van der Waals surface area contributed by atoms with Gasteiger partial charge in [-0.25, -0.2) is 8.42 Å². The second-order valence-electron chi connectivity index (χ2n) is 8.87. The molecule has 1 fully saturated rings. The summed E-state index contributed by atoms with van der Waals surface area (Å²) in [5.74, 6) is 0.0418. The fraction of sp³-hybridized carbons (Fsp3) is 0.240. The number of carbonyl (C=O) groups excluding carboxylic acids is 1. The van der Waals surface area contributed by atoms with Gasteiger partial charge in [0.2, 0.25) is 15.8 Å². The SMILES string of the molecule is Cc1cc(N2C(=O)c3oc4ccc(Cl)cc4c(=O)c3C2c2ccc(S(=O)(=O)N3CCCC3)cc2)no1. The van der Waals surface area contributed by atoms with Crippen molar-refractivity contribution >= 4 is 44.3 Å². The van der Waals surface area contributed by atoms with E-state index in [0.717, 1.165) is 12.8 Å². The van der Waals surface area contributed by atoms with Gasteiger partial charge in [-0.3, -0.25) is 14.5 Å². The number of hydrogen-bond donors (Lipinski definition) is 0. The molecule has 1 saturated heterocycles. The van der Waals surface area contributed by atoms with E-state index in [0.29, 0.717) is 29.4 Å². The third kappa shape index (κ3) is 3.47. The van der Waals surface area contributed by atoms with Crippen LogP contribution in [0.25, 0.3) is 11.0 Å². The van der Waals surface area contributed by atoms with Gasteiger partial charge >= 0.3 is 0 Å². The molecule has 36 heavy (non-hydrogen) atoms. The van der Waals surface area contributed by atoms with Crippen LogP contribution in [0.2, 0.25) is 5.02 Å². The predicted molar refractivity (Wildman–Crippen MR) is 132 cm³/mol. The van der Waals surface area contributed by atoms with Gasteiger partial charge in [-0.05, 0) is 55.7 Å². The number of aryl methyl sites for hydroxylation is 1. The molecule has 0 bridgehead atoms. The maximum atomic E-state index is 13.6. The fourth-order valence-electron chi connectivity index (χ4n) is 4.86. The lowest BCUT2D eigenvalue weighted by Crippen LogP contribution is -2.30. The molecule has 4 heterocycles. The van der Waals surface area contributed by atoms with Gasteiger partial charge in [0.25, 0.3) is 5.91 Å². The Bertz CT molecular complexity index is 1690. The Morgan fingerprint density at radius 2 is 1.75 bits per heavy atom. The second kappa shape index (κ2) is 8.29. The smallest absolute Gasteiger partial charge is 0.296 e. The van der Waals surface area contributed by atoms with Gasteiger partial charge in [0.1, 0.15) is 11.3 Å². The first-order valence-corrected chi connectivity index (χ1v) is 13.2. The summed E-state index contributed by atoms with van der Waals surface area (Å²) in [5, 5.41) is 4.59. The van der Waals surface area contributed by atoms with Crippen molar-refractivity contribution in [2.45, 2.75) is 30.7 Å². The number of anilines is 1. The summed E-state index contributed by atoms with van der Waals surface area (Å²) in [6, 6.07) is 11.5. The summed E-state index contributed by atoms with van der Waals surface area (Å²) in [5.41, 5.74) is 0.492. The zero-order valence-corrected chi connectivity index (χ0v) is 20.7. The Hall–Kier alpha value is -3.47. The van der Waals surface area contributed by atoms with E-state index in [1.165, 1.54) is 27.4 Å². The quantitative estimate of drug-likeness (QED) is 0.390. The molecule has 11 heteroatoms. The molecule has 184 valence electrons. The van der Waals surface area contributed by atoms with E-state index in [2.05, 4.69) is 5.16 Å². The van der Waals surface area contributed by atoms with Gasteiger partial charge in [0, 0.05) is 24.2 Å². The number of halogens is 1. The summed E-state index contributed by atoms with van der Waals surface area (Å²) < 4.78 is 38.6. The van der Waals surface area contributed by atoms with Crippen LogP contribution < -0.4 is 10.3 Å². The molecule has 0 spiro atoms. The molecule has 0 saturated carbocycles. The zero-order chi connectivity index (χ0) is 25.2. The molecule has 2 aromatic heterocycles. The zero-order valence-electron chi connectivity index (χ0n) is 19.1. The molecule has 0 aliphatic carbocycles. The number of benzene rings is 2. The molecule has 0 radical (unpaired) electrons. The number of hydrogen-bond acceptors (Lipinski definition) is 7. The Labute approximate surface area is 210 Å². The molecule has 6 rings (SSSR count). The van der Waals surface area contributed by atoms with Gasteiger partial charge in [0.15, 0.2) is 11.2 Å². The van der Waals surface area contributed by atoms with Crippen LogP contribution in [-0.4, -0.2) is 36.9 Å². The van der Waals surface area contributed by atoms with E-state index in [-0.39, 0.29) is 33.0 Å². The third-order valence-electron chi connectivity index (χ3n) is 6.59. The van der Waals surface area contributed by atoms with Gasteiger partial charge in [-0.1, -0.05) is 28.9 Å². The number of aromatic nitrogens is 1. The predicted octanol–water partition coefficient (Wildman–Crippen LogP) is 4.28. The number of carbonyl (C=O) groups is 1. The number of fused-ring (bicyclic) bond motifs is 2. The number of nitrogens with zero attached hydrogens (tertiary/aromatic N) is 3. The van der Waals surface area contributed by atoms with E-state index < -0.39 is 27.4 Å². The van der Waals surface area contributed by atoms with Crippen molar-refractivity contribution in [1.82, 2.24) is 9.46 Å². The highest BCUT2D eigenvalue weighted by atomic mass is 35.5. The van der Waals surface area contributed by atoms with Crippen LogP contribution in [-0.2, 0) is 10.0 Å². The lowest BCUT2D eigenvalue weighted by Gasteiger charge is -2.23. The Morgan fingerprint density at radius 3 is 2.42 bits per heavy atom. The largest absolute Gasteiger partial charge is 0.450 e. The molecule has 4 aromatic rings. The van der Waals surface area contributed by atoms with Crippen molar-refractivity contribution in [1.29, 1.82) is 0 Å². The molecular weight excluding hydrogens is 506 g/mol. The van der Waals surface area contributed by atoms with Gasteiger partial charge in [-0.15, -0.1) is 0 Å². The Morgan fingerprint density at radius 1 is 1.03 bits per heavy atom. The lowest BCUT2D eigenvalue weighted by atomic mass is 9.98. The van der Waals surface area contributed by atoms with E-state index in [4.69, 9.17) is 20.5 Å². The number of sulfonamides is 1. The summed E-state index contributed by atoms with van der Waals surface area (Å²) in [7, 11) is -3.62. The van der Waals surface area contributed by atoms with Crippen molar-refractivity contribution in [3.8, 4) is 0 Å². The Balaban J connectivity index is 1.52. The highest BCUT2D eigenvalue weighted by Crippen LogP contribution is 2.41. The summed E-state index contributed by atoms with van der Waals surface area (Å²) in [4.78, 5) is 28.7. The van der Waals surface area contributed by atoms with Gasteiger partial charge < -0.3 is 8.94 Å². The number of rotatable bonds is 4. The van der Waals surface area contributed by atoms with Crippen LogP contribution in [0.15, 0.2) is 67.2 Å². The van der Waals surface area contributed by atoms with Crippen molar-refractivity contribution in [3.05, 3.63) is 86.4 Å². The first-order valence-electron chi connectivity index (χ1n) is 11.4. The highest BCUT2D eigenvalue weighted by molar-refractivity contribution is 7.89. The van der Waals surface area contributed by atoms with Crippen molar-refractivity contribution in [3.63, 3.8) is 0 Å². The van der Waals surface area contributed by atoms with Crippen LogP contribution in [0.1, 0.15) is 46.3 Å². The normalized spacial score (nSPS) is 18.3. The van der Waals surface area contributed by atoms with E-state index in [1.807, 2.05) is 0 Å². The first-order chi connectivity index (χ1) is 17.3. The van der Waals surface area contributed by atoms with E-state index >= 15 is 0 Å². The monoisotopic (exact) mass is 525 g/mol. The molecule has 2 aromatic carbocycles. The van der Waals surface area contributed by atoms with E-state index in [9.17, 15) is 18.0 Å². The maximum absolute atomic E-state index is 13.6. The lowest BCUT2D eigenvalue weighted by molar-refractivity contribution is 0.0969. The number of amides is 1. The highest BCUT2D eigenvalue weighted by Gasteiger charge is 2.45. The summed E-state index contributed by atoms with van der Waals surface area (Å²) in [6.45, 7) is 2.67. The van der Waals surface area contributed by atoms with Crippen LogP contribution in [0.5, 0.6) is 0 Å². The van der Waals surface area contributed by atoms with Crippen LogP contribution in [0.3, 0.4) is 0 Å². The summed E-state index contributed by atoms with van der Waals surface area (Å²) >= 11 is 6.12. The molecule has 1 atom stereocenters. The van der Waals surface area contributed by atoms with Crippen LogP contribution in [0, 0.1) is 6.92 Å². The average Bonchev–Trinajstić information content (AvgIpc) is 3.60. The first kappa shape index (κ1) is 23.0. The minimum Gasteiger partial charge on any atom is -0.450 e. The van der Waals surface area contributed by atoms with Crippen molar-refractivity contribution in [2.24, 2.45) is 0 Å². The molecule has 2 aliphatic rings. The van der Waals surface area contributed by atoms with Gasteiger partial charge in [-0.2, -0.15) is 4.31 Å². The maximum Gasteiger partial charge on any atom is 0.296 e. The molecular formula is C25H20ClN3O6S. The second-order valence-corrected chi connectivity index (χ2v) is 11.2. The Kier molecular flexibility index (Phi) is 5.29. The minimum absolute atomic E-state index is 0.103. The molecule has 1 unspecified atom stereocenters. The standard InChI is InChI=1S/C25H20ClN3O6S/c1-14-12-20(27-35-14)29-22(15-4-7-17(8-5-15)36(32,33)28-10-2-3-11-28)21-23(30)18-13-16(26)6-9-19(18)34-24(21)25(29)31/h4-9,12-13,22H,2-3,10-11H2,1H3. The molecule has 1 amide bonds. The van der Waals surface area contributed by atoms with Crippen molar-refractivity contribution in [2.75, 3.05) is 18.0 Å². The minimum atomic E-state index is -3.62. The van der Waals surface area contributed by atoms with Crippen molar-refractivity contribution < 1.29 is 22.2 Å². The summed E-state index contributed by atoms with van der Waals surface area (Å²) in [6.07, 6.45) is 1.66. The fourth-order valence-corrected chi connectivity index (χ4v) is 6.55. The van der Waals surface area contributed by atoms with Crippen LogP contribution >= 0.6 is 11.6 Å². The molecule has 9 nitrogen and oxygen atoms in total. The molecule has 2 aliphatic heterocycles. The average molecular weight is 526 g/mol. The van der Waals surface area contributed by atoms with Gasteiger partial charge in [0.05, 0.1) is 21.9 Å². The van der Waals surface area contributed by atoms with Crippen LogP contribution in [0.4, 0.5) is 5.82 Å². The third-order valence-corrected chi connectivity index (χ3v) is 8.74. The van der Waals surface area contributed by atoms with E-state index in [1.54, 1.807) is 37.3 Å². The molecule has 0 N–H and O–H groups in total.